The Hall–Kier alpha value is -4.19. The quantitative estimate of drug-likeness (QED) is 0.422. The Kier molecular flexibility index (Phi) is 6.08. The zero-order valence-electron chi connectivity index (χ0n) is 20.2. The van der Waals surface area contributed by atoms with Gasteiger partial charge in [-0.25, -0.2) is 19.0 Å². The molecule has 12 heteroatoms. The van der Waals surface area contributed by atoms with Gasteiger partial charge in [0, 0.05) is 31.3 Å². The molecule has 2 aliphatic heterocycles. The SMILES string of the molecule is COc1ccc2ncc(F)c(CCN3CCC(n4cc(-c5ccc6c(n5)NC(=O)CO6)nn4)CC3)c2n1. The van der Waals surface area contributed by atoms with Gasteiger partial charge < -0.3 is 19.7 Å². The summed E-state index contributed by atoms with van der Waals surface area (Å²) in [7, 11) is 1.54. The Morgan fingerprint density at radius 1 is 1.16 bits per heavy atom. The van der Waals surface area contributed by atoms with Crippen LogP contribution < -0.4 is 14.8 Å². The van der Waals surface area contributed by atoms with Gasteiger partial charge in [-0.2, -0.15) is 0 Å². The lowest BCUT2D eigenvalue weighted by atomic mass is 10.0. The van der Waals surface area contributed by atoms with Gasteiger partial charge in [-0.3, -0.25) is 9.78 Å². The molecule has 11 nitrogen and oxygen atoms in total. The summed E-state index contributed by atoms with van der Waals surface area (Å²) in [5.41, 5.74) is 3.01. The predicted octanol–water partition coefficient (Wildman–Crippen LogP) is 2.64. The molecule has 0 saturated carbocycles. The molecule has 6 heterocycles. The third-order valence-corrected chi connectivity index (χ3v) is 6.81. The van der Waals surface area contributed by atoms with Gasteiger partial charge in [0.15, 0.2) is 18.2 Å². The van der Waals surface area contributed by atoms with E-state index in [1.807, 2.05) is 10.9 Å². The second kappa shape index (κ2) is 9.69. The first-order valence-electron chi connectivity index (χ1n) is 12.1. The van der Waals surface area contributed by atoms with Crippen molar-refractivity contribution in [2.24, 2.45) is 0 Å². The van der Waals surface area contributed by atoms with Crippen molar-refractivity contribution < 1.29 is 18.7 Å². The number of pyridine rings is 3. The molecule has 0 unspecified atom stereocenters. The topological polar surface area (TPSA) is 120 Å². The second-order valence-corrected chi connectivity index (χ2v) is 9.09. The molecule has 4 aromatic rings. The first-order valence-corrected chi connectivity index (χ1v) is 12.1. The predicted molar refractivity (Wildman–Crippen MR) is 132 cm³/mol. The number of nitrogens with one attached hydrogen (secondary N) is 1. The van der Waals surface area contributed by atoms with Gasteiger partial charge in [-0.05, 0) is 37.5 Å². The summed E-state index contributed by atoms with van der Waals surface area (Å²) >= 11 is 0. The third-order valence-electron chi connectivity index (χ3n) is 6.81. The van der Waals surface area contributed by atoms with E-state index in [1.165, 1.54) is 6.20 Å². The van der Waals surface area contributed by atoms with E-state index in [9.17, 15) is 9.18 Å². The maximum absolute atomic E-state index is 14.6. The standard InChI is InChI=1S/C25H25FN8O3/c1-36-23-5-3-19-24(30-23)16(17(26)12-27-19)8-11-33-9-6-15(7-10-33)34-13-20(31-32-34)18-2-4-21-25(28-18)29-22(35)14-37-21/h2-5,12-13,15H,6-11,14H2,1H3,(H,28,29,35). The van der Waals surface area contributed by atoms with Gasteiger partial charge >= 0.3 is 0 Å². The number of methoxy groups -OCH3 is 1. The number of carbonyl (C=O) groups excluding carboxylic acids is 1. The van der Waals surface area contributed by atoms with Crippen molar-refractivity contribution >= 4 is 22.8 Å². The average Bonchev–Trinajstić information content (AvgIpc) is 3.42. The van der Waals surface area contributed by atoms with E-state index >= 15 is 0 Å². The lowest BCUT2D eigenvalue weighted by molar-refractivity contribution is -0.118. The van der Waals surface area contributed by atoms with Crippen LogP contribution in [0.5, 0.6) is 11.6 Å². The van der Waals surface area contributed by atoms with Crippen LogP contribution >= 0.6 is 0 Å². The zero-order chi connectivity index (χ0) is 25.4. The minimum Gasteiger partial charge on any atom is -0.481 e. The molecule has 1 N–H and O–H groups in total. The molecule has 1 amide bonds. The second-order valence-electron chi connectivity index (χ2n) is 9.09. The Morgan fingerprint density at radius 2 is 2.03 bits per heavy atom. The van der Waals surface area contributed by atoms with Crippen LogP contribution in [0.4, 0.5) is 10.2 Å². The number of halogens is 1. The van der Waals surface area contributed by atoms with E-state index in [1.54, 1.807) is 31.4 Å². The van der Waals surface area contributed by atoms with Gasteiger partial charge in [0.1, 0.15) is 11.5 Å². The highest BCUT2D eigenvalue weighted by Gasteiger charge is 2.24. The molecule has 2 aliphatic rings. The van der Waals surface area contributed by atoms with Crippen LogP contribution in [-0.4, -0.2) is 74.1 Å². The smallest absolute Gasteiger partial charge is 0.263 e. The number of amides is 1. The van der Waals surface area contributed by atoms with Crippen LogP contribution in [0.2, 0.25) is 0 Å². The highest BCUT2D eigenvalue weighted by molar-refractivity contribution is 5.94. The molecule has 0 bridgehead atoms. The average molecular weight is 505 g/mol. The number of anilines is 1. The molecule has 1 fully saturated rings. The van der Waals surface area contributed by atoms with Crippen LogP contribution in [-0.2, 0) is 11.2 Å². The molecule has 37 heavy (non-hydrogen) atoms. The number of fused-ring (bicyclic) bond motifs is 2. The highest BCUT2D eigenvalue weighted by atomic mass is 19.1. The number of carbonyl (C=O) groups is 1. The first-order chi connectivity index (χ1) is 18.1. The molecule has 4 aromatic heterocycles. The molecule has 0 radical (unpaired) electrons. The summed E-state index contributed by atoms with van der Waals surface area (Å²) in [4.78, 5) is 27.0. The minimum atomic E-state index is -0.347. The van der Waals surface area contributed by atoms with Gasteiger partial charge in [-0.15, -0.1) is 5.10 Å². The van der Waals surface area contributed by atoms with Crippen molar-refractivity contribution in [3.05, 3.63) is 48.0 Å². The summed E-state index contributed by atoms with van der Waals surface area (Å²) in [6.07, 6.45) is 5.48. The minimum absolute atomic E-state index is 0.0113. The molecular weight excluding hydrogens is 479 g/mol. The summed E-state index contributed by atoms with van der Waals surface area (Å²) in [5.74, 6) is 0.794. The Labute approximate surface area is 211 Å². The number of aromatic nitrogens is 6. The molecule has 1 saturated heterocycles. The fourth-order valence-electron chi connectivity index (χ4n) is 4.79. The van der Waals surface area contributed by atoms with Gasteiger partial charge in [-0.1, -0.05) is 5.21 Å². The molecule has 0 aromatic carbocycles. The van der Waals surface area contributed by atoms with E-state index in [-0.39, 0.29) is 24.4 Å². The summed E-state index contributed by atoms with van der Waals surface area (Å²) in [5, 5.41) is 11.3. The van der Waals surface area contributed by atoms with E-state index in [0.29, 0.717) is 51.9 Å². The molecular formula is C25H25FN8O3. The van der Waals surface area contributed by atoms with Gasteiger partial charge in [0.2, 0.25) is 5.88 Å². The van der Waals surface area contributed by atoms with Crippen molar-refractivity contribution in [2.45, 2.75) is 25.3 Å². The van der Waals surface area contributed by atoms with Crippen LogP contribution in [0.3, 0.4) is 0 Å². The number of rotatable bonds is 6. The van der Waals surface area contributed by atoms with E-state index < -0.39 is 0 Å². The molecule has 0 atom stereocenters. The number of piperidine rings is 1. The van der Waals surface area contributed by atoms with Crippen LogP contribution in [0.15, 0.2) is 36.7 Å². The number of ether oxygens (including phenoxy) is 2. The van der Waals surface area contributed by atoms with Crippen LogP contribution in [0.25, 0.3) is 22.4 Å². The van der Waals surface area contributed by atoms with E-state index in [4.69, 9.17) is 9.47 Å². The fraction of sp³-hybridized carbons (Fsp3) is 0.360. The zero-order valence-corrected chi connectivity index (χ0v) is 20.2. The van der Waals surface area contributed by atoms with Crippen molar-refractivity contribution in [1.29, 1.82) is 0 Å². The molecule has 190 valence electrons. The van der Waals surface area contributed by atoms with Crippen molar-refractivity contribution in [3.8, 4) is 23.0 Å². The lowest BCUT2D eigenvalue weighted by Gasteiger charge is -2.31. The number of likely N-dealkylation sites (tertiary alicyclic amines) is 1. The van der Waals surface area contributed by atoms with E-state index in [0.717, 1.165) is 32.5 Å². The lowest BCUT2D eigenvalue weighted by Crippen LogP contribution is -2.36. The number of nitrogens with zero attached hydrogens (tertiary/aromatic N) is 7. The monoisotopic (exact) mass is 504 g/mol. The molecule has 0 aliphatic carbocycles. The largest absolute Gasteiger partial charge is 0.481 e. The fourth-order valence-corrected chi connectivity index (χ4v) is 4.79. The molecule has 0 spiro atoms. The van der Waals surface area contributed by atoms with Crippen molar-refractivity contribution in [2.75, 3.05) is 38.7 Å². The summed E-state index contributed by atoms with van der Waals surface area (Å²) in [6.45, 7) is 2.43. The molecule has 6 rings (SSSR count). The van der Waals surface area contributed by atoms with Crippen LogP contribution in [0.1, 0.15) is 24.4 Å². The third kappa shape index (κ3) is 4.67. The van der Waals surface area contributed by atoms with Gasteiger partial charge in [0.05, 0.1) is 42.3 Å². The van der Waals surface area contributed by atoms with Crippen molar-refractivity contribution in [3.63, 3.8) is 0 Å². The maximum atomic E-state index is 14.6. The Bertz CT molecular complexity index is 1470. The Balaban J connectivity index is 1.09. The van der Waals surface area contributed by atoms with Gasteiger partial charge in [0.25, 0.3) is 5.91 Å². The highest BCUT2D eigenvalue weighted by Crippen LogP contribution is 2.30. The summed E-state index contributed by atoms with van der Waals surface area (Å²) in [6, 6.07) is 7.31. The van der Waals surface area contributed by atoms with E-state index in [2.05, 4.69) is 35.5 Å². The normalized spacial score (nSPS) is 16.3. The Morgan fingerprint density at radius 3 is 2.86 bits per heavy atom. The van der Waals surface area contributed by atoms with Crippen molar-refractivity contribution in [1.82, 2.24) is 34.8 Å². The number of hydrogen-bond donors (Lipinski definition) is 1. The summed E-state index contributed by atoms with van der Waals surface area (Å²) < 4.78 is 27.1. The maximum Gasteiger partial charge on any atom is 0.263 e. The number of hydrogen-bond acceptors (Lipinski definition) is 9. The first kappa shape index (κ1) is 23.2. The van der Waals surface area contributed by atoms with Crippen LogP contribution in [0, 0.1) is 5.82 Å².